The summed E-state index contributed by atoms with van der Waals surface area (Å²) in [6, 6.07) is 5.11. The third-order valence-corrected chi connectivity index (χ3v) is 4.15. The molecule has 126 valence electrons. The number of carbonyl (C=O) groups excluding carboxylic acids is 2. The molecule has 23 heavy (non-hydrogen) atoms. The highest BCUT2D eigenvalue weighted by molar-refractivity contribution is 6.33. The highest BCUT2D eigenvalue weighted by Crippen LogP contribution is 2.25. The molecule has 2 rings (SSSR count). The molecular weight excluding hydrogens is 314 g/mol. The monoisotopic (exact) mass is 337 g/mol. The summed E-state index contributed by atoms with van der Waals surface area (Å²) in [7, 11) is 0. The molecule has 0 atom stereocenters. The van der Waals surface area contributed by atoms with Gasteiger partial charge in [-0.2, -0.15) is 0 Å². The quantitative estimate of drug-likeness (QED) is 0.835. The van der Waals surface area contributed by atoms with E-state index in [9.17, 15) is 9.59 Å². The average Bonchev–Trinajstić information content (AvgIpc) is 2.52. The second-order valence-corrected chi connectivity index (χ2v) is 6.28. The zero-order valence-corrected chi connectivity index (χ0v) is 14.3. The number of nitrogens with zero attached hydrogens (tertiary/aromatic N) is 1. The maximum absolute atomic E-state index is 12.2. The predicted molar refractivity (Wildman–Crippen MR) is 93.9 cm³/mol. The molecule has 0 aliphatic carbocycles. The van der Waals surface area contributed by atoms with Crippen molar-refractivity contribution >= 4 is 34.8 Å². The zero-order valence-electron chi connectivity index (χ0n) is 13.5. The van der Waals surface area contributed by atoms with E-state index in [1.807, 2.05) is 6.92 Å². The number of amides is 2. The van der Waals surface area contributed by atoms with Gasteiger partial charge >= 0.3 is 0 Å². The van der Waals surface area contributed by atoms with Crippen LogP contribution < -0.4 is 10.6 Å². The van der Waals surface area contributed by atoms with Crippen LogP contribution in [0.3, 0.4) is 0 Å². The van der Waals surface area contributed by atoms with Crippen molar-refractivity contribution in [3.8, 4) is 0 Å². The second kappa shape index (κ2) is 8.89. The Bertz CT molecular complexity index is 557. The van der Waals surface area contributed by atoms with Crippen LogP contribution in [0, 0.1) is 0 Å². The lowest BCUT2D eigenvalue weighted by Gasteiger charge is -2.25. The minimum Gasteiger partial charge on any atom is -0.326 e. The fraction of sp³-hybridized carbons (Fsp3) is 0.529. The lowest BCUT2D eigenvalue weighted by molar-refractivity contribution is -0.117. The van der Waals surface area contributed by atoms with Gasteiger partial charge in [-0.05, 0) is 50.6 Å². The summed E-state index contributed by atoms with van der Waals surface area (Å²) in [4.78, 5) is 26.0. The van der Waals surface area contributed by atoms with Gasteiger partial charge in [0.05, 0.1) is 17.3 Å². The van der Waals surface area contributed by atoms with E-state index in [1.54, 1.807) is 18.2 Å². The van der Waals surface area contributed by atoms with Crippen molar-refractivity contribution in [1.82, 2.24) is 4.90 Å². The number of rotatable bonds is 6. The Hall–Kier alpha value is -1.59. The number of nitrogens with one attached hydrogen (secondary N) is 2. The van der Waals surface area contributed by atoms with E-state index >= 15 is 0 Å². The average molecular weight is 338 g/mol. The van der Waals surface area contributed by atoms with E-state index in [0.717, 1.165) is 32.4 Å². The Kier molecular flexibility index (Phi) is 6.86. The minimum absolute atomic E-state index is 0.0413. The van der Waals surface area contributed by atoms with Crippen LogP contribution in [0.5, 0.6) is 0 Å². The van der Waals surface area contributed by atoms with Crippen molar-refractivity contribution in [2.45, 2.75) is 39.0 Å². The van der Waals surface area contributed by atoms with Crippen molar-refractivity contribution in [1.29, 1.82) is 0 Å². The van der Waals surface area contributed by atoms with Crippen molar-refractivity contribution in [3.05, 3.63) is 23.2 Å². The van der Waals surface area contributed by atoms with E-state index in [-0.39, 0.29) is 11.8 Å². The van der Waals surface area contributed by atoms with Crippen LogP contribution in [0.4, 0.5) is 11.4 Å². The van der Waals surface area contributed by atoms with E-state index in [4.69, 9.17) is 11.6 Å². The lowest BCUT2D eigenvalue weighted by Crippen LogP contribution is -2.36. The SMILES string of the molecule is CCCC(=O)Nc1ccc(Cl)c(NC(=O)CN2CCCCC2)c1. The molecule has 1 aliphatic heterocycles. The summed E-state index contributed by atoms with van der Waals surface area (Å²) in [5, 5.41) is 6.11. The van der Waals surface area contributed by atoms with Crippen LogP contribution in [0.2, 0.25) is 5.02 Å². The molecule has 1 saturated heterocycles. The number of piperidine rings is 1. The number of benzene rings is 1. The number of hydrogen-bond acceptors (Lipinski definition) is 3. The molecule has 1 aliphatic rings. The third-order valence-electron chi connectivity index (χ3n) is 3.82. The molecule has 0 radical (unpaired) electrons. The zero-order chi connectivity index (χ0) is 16.7. The van der Waals surface area contributed by atoms with Crippen molar-refractivity contribution in [2.24, 2.45) is 0 Å². The van der Waals surface area contributed by atoms with Gasteiger partial charge in [-0.3, -0.25) is 14.5 Å². The van der Waals surface area contributed by atoms with Gasteiger partial charge in [0, 0.05) is 12.1 Å². The summed E-state index contributed by atoms with van der Waals surface area (Å²) < 4.78 is 0. The van der Waals surface area contributed by atoms with Crippen LogP contribution >= 0.6 is 11.6 Å². The molecule has 0 saturated carbocycles. The Balaban J connectivity index is 1.95. The Labute approximate surface area is 142 Å². The van der Waals surface area contributed by atoms with Crippen LogP contribution in [-0.4, -0.2) is 36.3 Å². The van der Waals surface area contributed by atoms with Gasteiger partial charge in [0.15, 0.2) is 0 Å². The smallest absolute Gasteiger partial charge is 0.238 e. The first-order valence-electron chi connectivity index (χ1n) is 8.20. The molecule has 1 heterocycles. The molecule has 2 N–H and O–H groups in total. The standard InChI is InChI=1S/C17H24ClN3O2/c1-2-6-16(22)19-13-7-8-14(18)15(11-13)20-17(23)12-21-9-4-3-5-10-21/h7-8,11H,2-6,9-10,12H2,1H3,(H,19,22)(H,20,23). The third kappa shape index (κ3) is 5.84. The van der Waals surface area contributed by atoms with Crippen LogP contribution in [0.15, 0.2) is 18.2 Å². The molecule has 1 fully saturated rings. The molecule has 0 aromatic heterocycles. The first kappa shape index (κ1) is 17.8. The number of likely N-dealkylation sites (tertiary alicyclic amines) is 1. The molecule has 1 aromatic carbocycles. The van der Waals surface area contributed by atoms with Gasteiger partial charge in [0.2, 0.25) is 11.8 Å². The Morgan fingerprint density at radius 3 is 2.57 bits per heavy atom. The summed E-state index contributed by atoms with van der Waals surface area (Å²) in [5.41, 5.74) is 1.17. The van der Waals surface area contributed by atoms with Crippen LogP contribution in [0.1, 0.15) is 39.0 Å². The molecule has 2 amide bonds. The molecular formula is C17H24ClN3O2. The molecule has 0 unspecified atom stereocenters. The van der Waals surface area contributed by atoms with Gasteiger partial charge in [0.1, 0.15) is 0 Å². The maximum atomic E-state index is 12.2. The van der Waals surface area contributed by atoms with E-state index in [2.05, 4.69) is 15.5 Å². The fourth-order valence-electron chi connectivity index (χ4n) is 2.66. The van der Waals surface area contributed by atoms with Gasteiger partial charge in [-0.15, -0.1) is 0 Å². The van der Waals surface area contributed by atoms with Crippen LogP contribution in [-0.2, 0) is 9.59 Å². The Morgan fingerprint density at radius 2 is 1.87 bits per heavy atom. The molecule has 5 nitrogen and oxygen atoms in total. The normalized spacial score (nSPS) is 15.2. The molecule has 0 bridgehead atoms. The van der Waals surface area contributed by atoms with Crippen molar-refractivity contribution < 1.29 is 9.59 Å². The Morgan fingerprint density at radius 1 is 1.13 bits per heavy atom. The van der Waals surface area contributed by atoms with Gasteiger partial charge in [-0.25, -0.2) is 0 Å². The van der Waals surface area contributed by atoms with Crippen LogP contribution in [0.25, 0.3) is 0 Å². The highest BCUT2D eigenvalue weighted by atomic mass is 35.5. The van der Waals surface area contributed by atoms with E-state index < -0.39 is 0 Å². The van der Waals surface area contributed by atoms with Gasteiger partial charge in [0.25, 0.3) is 0 Å². The highest BCUT2D eigenvalue weighted by Gasteiger charge is 2.15. The first-order valence-corrected chi connectivity index (χ1v) is 8.58. The van der Waals surface area contributed by atoms with Gasteiger partial charge < -0.3 is 10.6 Å². The fourth-order valence-corrected chi connectivity index (χ4v) is 2.82. The maximum Gasteiger partial charge on any atom is 0.238 e. The number of halogens is 1. The van der Waals surface area contributed by atoms with E-state index in [0.29, 0.717) is 29.4 Å². The largest absolute Gasteiger partial charge is 0.326 e. The van der Waals surface area contributed by atoms with Crippen molar-refractivity contribution in [3.63, 3.8) is 0 Å². The van der Waals surface area contributed by atoms with Crippen molar-refractivity contribution in [2.75, 3.05) is 30.3 Å². The minimum atomic E-state index is -0.0779. The summed E-state index contributed by atoms with van der Waals surface area (Å²) in [5.74, 6) is -0.119. The lowest BCUT2D eigenvalue weighted by atomic mass is 10.1. The molecule has 1 aromatic rings. The summed E-state index contributed by atoms with van der Waals surface area (Å²) >= 11 is 6.14. The molecule has 6 heteroatoms. The predicted octanol–water partition coefficient (Wildman–Crippen LogP) is 3.50. The summed E-state index contributed by atoms with van der Waals surface area (Å²) in [6.45, 7) is 4.26. The topological polar surface area (TPSA) is 61.4 Å². The number of carbonyl (C=O) groups is 2. The second-order valence-electron chi connectivity index (χ2n) is 5.88. The number of hydrogen-bond donors (Lipinski definition) is 2. The first-order chi connectivity index (χ1) is 11.1. The summed E-state index contributed by atoms with van der Waals surface area (Å²) in [6.07, 6.45) is 4.79. The van der Waals surface area contributed by atoms with E-state index in [1.165, 1.54) is 6.42 Å². The molecule has 0 spiro atoms. The number of anilines is 2. The van der Waals surface area contributed by atoms with Gasteiger partial charge in [-0.1, -0.05) is 24.9 Å².